The molecule has 0 aliphatic carbocycles. The molecular weight excluding hydrogens is 263 g/mol. The molecule has 2 aromatic rings. The lowest BCUT2D eigenvalue weighted by atomic mass is 9.99. The van der Waals surface area contributed by atoms with Gasteiger partial charge in [-0.05, 0) is 43.2 Å². The number of hydrogen-bond acceptors (Lipinski definition) is 2. The fourth-order valence-electron chi connectivity index (χ4n) is 3.09. The summed E-state index contributed by atoms with van der Waals surface area (Å²) in [5, 5.41) is 3.55. The van der Waals surface area contributed by atoms with Crippen LogP contribution in [0.2, 0.25) is 0 Å². The van der Waals surface area contributed by atoms with Crippen LogP contribution in [-0.4, -0.2) is 19.1 Å². The van der Waals surface area contributed by atoms with Crippen molar-refractivity contribution < 1.29 is 4.39 Å². The van der Waals surface area contributed by atoms with E-state index in [1.165, 1.54) is 5.56 Å². The van der Waals surface area contributed by atoms with E-state index in [9.17, 15) is 4.39 Å². The molecule has 0 spiro atoms. The highest BCUT2D eigenvalue weighted by atomic mass is 19.1. The summed E-state index contributed by atoms with van der Waals surface area (Å²) in [6.45, 7) is 5.99. The molecule has 1 saturated heterocycles. The van der Waals surface area contributed by atoms with Crippen molar-refractivity contribution in [1.29, 1.82) is 0 Å². The van der Waals surface area contributed by atoms with Gasteiger partial charge in [-0.15, -0.1) is 0 Å². The Morgan fingerprint density at radius 1 is 1.14 bits per heavy atom. The van der Waals surface area contributed by atoms with Gasteiger partial charge < -0.3 is 10.2 Å². The van der Waals surface area contributed by atoms with E-state index in [1.54, 1.807) is 12.1 Å². The van der Waals surface area contributed by atoms with Crippen LogP contribution in [0.25, 0.3) is 0 Å². The first-order valence-corrected chi connectivity index (χ1v) is 7.46. The zero-order valence-corrected chi connectivity index (χ0v) is 12.5. The van der Waals surface area contributed by atoms with Crippen LogP contribution in [0.5, 0.6) is 0 Å². The number of piperazine rings is 1. The summed E-state index contributed by atoms with van der Waals surface area (Å²) in [5.74, 6) is -0.171. The topological polar surface area (TPSA) is 15.3 Å². The molecule has 1 aliphatic rings. The Morgan fingerprint density at radius 2 is 1.90 bits per heavy atom. The Hall–Kier alpha value is -1.87. The van der Waals surface area contributed by atoms with Crippen LogP contribution in [0.1, 0.15) is 24.1 Å². The number of nitrogens with one attached hydrogen (secondary N) is 1. The summed E-state index contributed by atoms with van der Waals surface area (Å²) < 4.78 is 13.4. The standard InChI is InChI=1S/C18H21FN2/c1-13-10-16(19)8-9-17(13)21-12-14(2)20-11-18(21)15-6-4-3-5-7-15/h3-10,14,18,20H,11-12H2,1-2H3. The third kappa shape index (κ3) is 2.93. The molecule has 0 bridgehead atoms. The molecule has 3 rings (SSSR count). The largest absolute Gasteiger partial charge is 0.361 e. The maximum Gasteiger partial charge on any atom is 0.123 e. The molecule has 3 heteroatoms. The second-order valence-electron chi connectivity index (χ2n) is 5.82. The minimum atomic E-state index is -0.171. The van der Waals surface area contributed by atoms with Crippen molar-refractivity contribution in [3.63, 3.8) is 0 Å². The Morgan fingerprint density at radius 3 is 2.62 bits per heavy atom. The van der Waals surface area contributed by atoms with Crippen molar-refractivity contribution in [2.24, 2.45) is 0 Å². The zero-order valence-electron chi connectivity index (χ0n) is 12.5. The van der Waals surface area contributed by atoms with Gasteiger partial charge in [0.2, 0.25) is 0 Å². The lowest BCUT2D eigenvalue weighted by Gasteiger charge is -2.42. The van der Waals surface area contributed by atoms with Crippen LogP contribution in [-0.2, 0) is 0 Å². The monoisotopic (exact) mass is 284 g/mol. The molecule has 2 nitrogen and oxygen atoms in total. The van der Waals surface area contributed by atoms with Gasteiger partial charge in [0.05, 0.1) is 6.04 Å². The van der Waals surface area contributed by atoms with Crippen LogP contribution >= 0.6 is 0 Å². The van der Waals surface area contributed by atoms with Crippen LogP contribution in [0.4, 0.5) is 10.1 Å². The quantitative estimate of drug-likeness (QED) is 0.905. The second kappa shape index (κ2) is 5.86. The number of anilines is 1. The predicted octanol–water partition coefficient (Wildman–Crippen LogP) is 3.67. The normalized spacial score (nSPS) is 22.3. The maximum atomic E-state index is 13.4. The predicted molar refractivity (Wildman–Crippen MR) is 85.1 cm³/mol. The van der Waals surface area contributed by atoms with Crippen LogP contribution in [0, 0.1) is 12.7 Å². The highest BCUT2D eigenvalue weighted by molar-refractivity contribution is 5.56. The molecule has 2 atom stereocenters. The first-order valence-electron chi connectivity index (χ1n) is 7.46. The van der Waals surface area contributed by atoms with Crippen molar-refractivity contribution in [2.75, 3.05) is 18.0 Å². The van der Waals surface area contributed by atoms with Gasteiger partial charge in [-0.2, -0.15) is 0 Å². The van der Waals surface area contributed by atoms with Gasteiger partial charge >= 0.3 is 0 Å². The first kappa shape index (κ1) is 14.1. The summed E-state index contributed by atoms with van der Waals surface area (Å²) in [4.78, 5) is 2.39. The minimum Gasteiger partial charge on any atom is -0.361 e. The van der Waals surface area contributed by atoms with Crippen molar-refractivity contribution in [2.45, 2.75) is 25.9 Å². The number of nitrogens with zero attached hydrogens (tertiary/aromatic N) is 1. The van der Waals surface area contributed by atoms with E-state index < -0.39 is 0 Å². The van der Waals surface area contributed by atoms with Crippen molar-refractivity contribution in [3.05, 3.63) is 65.5 Å². The molecule has 1 fully saturated rings. The average Bonchev–Trinajstić information content (AvgIpc) is 2.48. The molecule has 1 aliphatic heterocycles. The lowest BCUT2D eigenvalue weighted by molar-refractivity contribution is 0.416. The third-order valence-corrected chi connectivity index (χ3v) is 4.16. The summed E-state index contributed by atoms with van der Waals surface area (Å²) in [6.07, 6.45) is 0. The lowest BCUT2D eigenvalue weighted by Crippen LogP contribution is -2.51. The van der Waals surface area contributed by atoms with E-state index in [1.807, 2.05) is 19.1 Å². The zero-order chi connectivity index (χ0) is 14.8. The third-order valence-electron chi connectivity index (χ3n) is 4.16. The summed E-state index contributed by atoms with van der Waals surface area (Å²) in [6, 6.07) is 16.3. The Bertz CT molecular complexity index is 612. The van der Waals surface area contributed by atoms with Gasteiger partial charge in [-0.3, -0.25) is 0 Å². The Kier molecular flexibility index (Phi) is 3.93. The molecule has 0 radical (unpaired) electrons. The van der Waals surface area contributed by atoms with Gasteiger partial charge in [-0.25, -0.2) is 4.39 Å². The van der Waals surface area contributed by atoms with Gasteiger partial charge in [0.1, 0.15) is 5.82 Å². The van der Waals surface area contributed by atoms with Gasteiger partial charge in [0.15, 0.2) is 0 Å². The summed E-state index contributed by atoms with van der Waals surface area (Å²) >= 11 is 0. The Labute approximate surface area is 125 Å². The smallest absolute Gasteiger partial charge is 0.123 e. The second-order valence-corrected chi connectivity index (χ2v) is 5.82. The number of benzene rings is 2. The van der Waals surface area contributed by atoms with Gasteiger partial charge in [0.25, 0.3) is 0 Å². The molecule has 2 aromatic carbocycles. The highest BCUT2D eigenvalue weighted by Gasteiger charge is 2.28. The first-order chi connectivity index (χ1) is 10.1. The maximum absolute atomic E-state index is 13.4. The molecule has 0 saturated carbocycles. The van der Waals surface area contributed by atoms with E-state index in [2.05, 4.69) is 41.4 Å². The van der Waals surface area contributed by atoms with Crippen LogP contribution in [0.15, 0.2) is 48.5 Å². The van der Waals surface area contributed by atoms with E-state index in [0.29, 0.717) is 6.04 Å². The van der Waals surface area contributed by atoms with E-state index in [0.717, 1.165) is 24.3 Å². The molecule has 21 heavy (non-hydrogen) atoms. The molecular formula is C18H21FN2. The molecule has 2 unspecified atom stereocenters. The van der Waals surface area contributed by atoms with Crippen molar-refractivity contribution >= 4 is 5.69 Å². The average molecular weight is 284 g/mol. The summed E-state index contributed by atoms with van der Waals surface area (Å²) in [7, 11) is 0. The van der Waals surface area contributed by atoms with Gasteiger partial charge in [-0.1, -0.05) is 30.3 Å². The van der Waals surface area contributed by atoms with E-state index in [4.69, 9.17) is 0 Å². The SMILES string of the molecule is Cc1cc(F)ccc1N1CC(C)NCC1c1ccccc1. The molecule has 110 valence electrons. The molecule has 0 amide bonds. The highest BCUT2D eigenvalue weighted by Crippen LogP contribution is 2.32. The molecule has 0 aromatic heterocycles. The number of aryl methyl sites for hydroxylation is 1. The van der Waals surface area contributed by atoms with E-state index in [-0.39, 0.29) is 11.9 Å². The number of hydrogen-bond donors (Lipinski definition) is 1. The van der Waals surface area contributed by atoms with Crippen LogP contribution < -0.4 is 10.2 Å². The number of rotatable bonds is 2. The van der Waals surface area contributed by atoms with Crippen LogP contribution in [0.3, 0.4) is 0 Å². The van der Waals surface area contributed by atoms with Gasteiger partial charge in [0, 0.05) is 24.8 Å². The fourth-order valence-corrected chi connectivity index (χ4v) is 3.09. The fraction of sp³-hybridized carbons (Fsp3) is 0.333. The summed E-state index contributed by atoms with van der Waals surface area (Å²) in [5.41, 5.74) is 3.41. The molecule has 1 heterocycles. The Balaban J connectivity index is 1.98. The van der Waals surface area contributed by atoms with Crippen molar-refractivity contribution in [3.8, 4) is 0 Å². The molecule has 1 N–H and O–H groups in total. The van der Waals surface area contributed by atoms with Crippen molar-refractivity contribution in [1.82, 2.24) is 5.32 Å². The minimum absolute atomic E-state index is 0.171. The van der Waals surface area contributed by atoms with E-state index >= 15 is 0 Å². The number of halogens is 1.